The second-order valence-corrected chi connectivity index (χ2v) is 7.56. The van der Waals surface area contributed by atoms with Crippen LogP contribution in [0.2, 0.25) is 0 Å². The maximum absolute atomic E-state index is 12.2. The minimum atomic E-state index is -0.530. The second kappa shape index (κ2) is 4.70. The molecule has 2 saturated carbocycles. The van der Waals surface area contributed by atoms with E-state index >= 15 is 0 Å². The van der Waals surface area contributed by atoms with Gasteiger partial charge >= 0.3 is 5.97 Å². The van der Waals surface area contributed by atoms with Crippen molar-refractivity contribution in [3.63, 3.8) is 0 Å². The van der Waals surface area contributed by atoms with Crippen LogP contribution in [0.1, 0.15) is 50.6 Å². The minimum absolute atomic E-state index is 0.0336. The Bertz CT molecular complexity index is 784. The van der Waals surface area contributed by atoms with Crippen molar-refractivity contribution in [1.29, 1.82) is 0 Å². The highest BCUT2D eigenvalue weighted by molar-refractivity contribution is 5.96. The molecule has 0 aliphatic heterocycles. The highest BCUT2D eigenvalue weighted by Gasteiger charge is 2.60. The molecule has 1 aromatic heterocycles. The summed E-state index contributed by atoms with van der Waals surface area (Å²) in [7, 11) is 0. The van der Waals surface area contributed by atoms with E-state index in [1.54, 1.807) is 6.07 Å². The van der Waals surface area contributed by atoms with E-state index in [0.717, 1.165) is 23.9 Å². The molecule has 1 aromatic carbocycles. The molecule has 4 heteroatoms. The molecule has 0 saturated heterocycles. The predicted molar refractivity (Wildman–Crippen MR) is 88.3 cm³/mol. The van der Waals surface area contributed by atoms with E-state index in [9.17, 15) is 4.79 Å². The first-order valence-electron chi connectivity index (χ1n) is 8.19. The third kappa shape index (κ3) is 1.97. The number of hydrogen-bond donors (Lipinski definition) is 0. The molecule has 2 aliphatic carbocycles. The Hall–Kier alpha value is -2.10. The van der Waals surface area contributed by atoms with Gasteiger partial charge in [0, 0.05) is 10.8 Å². The molecule has 4 nitrogen and oxygen atoms in total. The van der Waals surface area contributed by atoms with Gasteiger partial charge in [-0.1, -0.05) is 44.1 Å². The van der Waals surface area contributed by atoms with Gasteiger partial charge in [0.25, 0.3) is 0 Å². The van der Waals surface area contributed by atoms with Crippen LogP contribution in [0, 0.1) is 16.7 Å². The summed E-state index contributed by atoms with van der Waals surface area (Å²) in [5.74, 6) is 0.303. The summed E-state index contributed by atoms with van der Waals surface area (Å²) in [6.07, 6.45) is 3.28. The molecule has 2 bridgehead atoms. The summed E-state index contributed by atoms with van der Waals surface area (Å²) < 4.78 is 5.53. The van der Waals surface area contributed by atoms with Crippen molar-refractivity contribution in [2.75, 3.05) is 0 Å². The predicted octanol–water partition coefficient (Wildman–Crippen LogP) is 4.79. The first-order chi connectivity index (χ1) is 10.9. The van der Waals surface area contributed by atoms with Crippen molar-refractivity contribution in [1.82, 2.24) is 0 Å². The van der Waals surface area contributed by atoms with E-state index in [2.05, 4.69) is 25.9 Å². The Morgan fingerprint density at radius 3 is 2.74 bits per heavy atom. The first kappa shape index (κ1) is 14.5. The van der Waals surface area contributed by atoms with Crippen LogP contribution < -0.4 is 0 Å². The number of furan rings is 1. The van der Waals surface area contributed by atoms with Crippen molar-refractivity contribution in [3.8, 4) is 0 Å². The third-order valence-electron chi connectivity index (χ3n) is 6.38. The molecule has 0 spiro atoms. The number of fused-ring (bicyclic) bond motifs is 3. The van der Waals surface area contributed by atoms with Gasteiger partial charge in [-0.3, -0.25) is 0 Å². The smallest absolute Gasteiger partial charge is 0.400 e. The minimum Gasteiger partial charge on any atom is -0.449 e. The van der Waals surface area contributed by atoms with Gasteiger partial charge in [-0.05, 0) is 42.7 Å². The molecule has 120 valence electrons. The highest BCUT2D eigenvalue weighted by Crippen LogP contribution is 2.64. The Morgan fingerprint density at radius 2 is 2.09 bits per heavy atom. The maximum atomic E-state index is 12.2. The lowest BCUT2D eigenvalue weighted by Gasteiger charge is -2.34. The van der Waals surface area contributed by atoms with Crippen molar-refractivity contribution < 1.29 is 14.0 Å². The summed E-state index contributed by atoms with van der Waals surface area (Å²) in [5, 5.41) is 5.12. The number of nitrogens with zero attached hydrogens (tertiary/aromatic N) is 1. The Labute approximate surface area is 135 Å². The third-order valence-corrected chi connectivity index (χ3v) is 6.38. The monoisotopic (exact) mass is 311 g/mol. The number of benzene rings is 1. The van der Waals surface area contributed by atoms with E-state index in [0.29, 0.717) is 11.5 Å². The number of para-hydroxylation sites is 1. The highest BCUT2D eigenvalue weighted by atomic mass is 16.7. The summed E-state index contributed by atoms with van der Waals surface area (Å²) in [6.45, 7) is 6.84. The lowest BCUT2D eigenvalue weighted by atomic mass is 9.70. The van der Waals surface area contributed by atoms with Crippen molar-refractivity contribution in [2.45, 2.75) is 40.0 Å². The molecule has 2 aromatic rings. The average molecular weight is 311 g/mol. The van der Waals surface area contributed by atoms with Gasteiger partial charge < -0.3 is 9.25 Å². The molecule has 0 N–H and O–H groups in total. The Balaban J connectivity index is 1.56. The normalized spacial score (nSPS) is 30.2. The van der Waals surface area contributed by atoms with Gasteiger partial charge in [-0.25, -0.2) is 4.79 Å². The maximum Gasteiger partial charge on any atom is 0.400 e. The summed E-state index contributed by atoms with van der Waals surface area (Å²) >= 11 is 0. The Morgan fingerprint density at radius 1 is 1.30 bits per heavy atom. The fourth-order valence-electron chi connectivity index (χ4n) is 4.29. The molecule has 0 radical (unpaired) electrons. The molecule has 23 heavy (non-hydrogen) atoms. The molecule has 0 amide bonds. The zero-order valence-corrected chi connectivity index (χ0v) is 13.8. The zero-order valence-electron chi connectivity index (χ0n) is 13.8. The number of carbonyl (C=O) groups excluding carboxylic acids is 1. The summed E-state index contributed by atoms with van der Waals surface area (Å²) in [6, 6.07) is 9.22. The van der Waals surface area contributed by atoms with Crippen LogP contribution in [0.15, 0.2) is 39.9 Å². The van der Waals surface area contributed by atoms with E-state index in [1.807, 2.05) is 24.3 Å². The molecular formula is C19H21NO3. The van der Waals surface area contributed by atoms with Crippen molar-refractivity contribution in [2.24, 2.45) is 21.9 Å². The number of hydrogen-bond acceptors (Lipinski definition) is 4. The van der Waals surface area contributed by atoms with E-state index in [1.165, 1.54) is 6.42 Å². The van der Waals surface area contributed by atoms with Gasteiger partial charge in [0.05, 0.1) is 5.71 Å². The zero-order chi connectivity index (χ0) is 16.2. The molecule has 4 rings (SSSR count). The van der Waals surface area contributed by atoms with E-state index < -0.39 is 5.97 Å². The fraction of sp³-hybridized carbons (Fsp3) is 0.474. The topological polar surface area (TPSA) is 51.8 Å². The standard InChI is InChI=1S/C19H21NO3/c1-18(2)13-8-9-19(18,3)16(11-13)20-23-17(21)15-10-12-6-4-5-7-14(12)22-15/h4-7,10,13H,8-9,11H2,1-3H3/t13-,19+/m0/s1. The van der Waals surface area contributed by atoms with Gasteiger partial charge in [0.15, 0.2) is 0 Å². The molecule has 2 fully saturated rings. The van der Waals surface area contributed by atoms with Crippen LogP contribution in [0.3, 0.4) is 0 Å². The van der Waals surface area contributed by atoms with E-state index in [4.69, 9.17) is 9.25 Å². The molecule has 0 unspecified atom stereocenters. The van der Waals surface area contributed by atoms with Crippen LogP contribution >= 0.6 is 0 Å². The molecule has 2 atom stereocenters. The van der Waals surface area contributed by atoms with Gasteiger partial charge in [-0.15, -0.1) is 0 Å². The van der Waals surface area contributed by atoms with Crippen LogP contribution in [-0.4, -0.2) is 11.7 Å². The van der Waals surface area contributed by atoms with E-state index in [-0.39, 0.29) is 16.6 Å². The van der Waals surface area contributed by atoms with Crippen molar-refractivity contribution in [3.05, 3.63) is 36.1 Å². The number of rotatable bonds is 2. The van der Waals surface area contributed by atoms with Crippen LogP contribution in [-0.2, 0) is 4.84 Å². The van der Waals surface area contributed by atoms with Gasteiger partial charge in [0.2, 0.25) is 5.76 Å². The largest absolute Gasteiger partial charge is 0.449 e. The van der Waals surface area contributed by atoms with Gasteiger partial charge in [0.1, 0.15) is 5.58 Å². The van der Waals surface area contributed by atoms with Crippen LogP contribution in [0.25, 0.3) is 11.0 Å². The lowest BCUT2D eigenvalue weighted by molar-refractivity contribution is 0.0474. The average Bonchev–Trinajstić information content (AvgIpc) is 3.11. The quantitative estimate of drug-likeness (QED) is 0.592. The summed E-state index contributed by atoms with van der Waals surface area (Å²) in [5.41, 5.74) is 1.95. The summed E-state index contributed by atoms with van der Waals surface area (Å²) in [4.78, 5) is 17.4. The van der Waals surface area contributed by atoms with Crippen LogP contribution in [0.4, 0.5) is 0 Å². The molecule has 2 aliphatic rings. The number of oxime groups is 1. The number of carbonyl (C=O) groups is 1. The molecule has 1 heterocycles. The fourth-order valence-corrected chi connectivity index (χ4v) is 4.29. The lowest BCUT2D eigenvalue weighted by Crippen LogP contribution is -2.32. The van der Waals surface area contributed by atoms with Crippen molar-refractivity contribution >= 4 is 22.7 Å². The van der Waals surface area contributed by atoms with Gasteiger partial charge in [-0.2, -0.15) is 0 Å². The Kier molecular flexibility index (Phi) is 2.96. The van der Waals surface area contributed by atoms with Crippen LogP contribution in [0.5, 0.6) is 0 Å². The second-order valence-electron chi connectivity index (χ2n) is 7.56. The SMILES string of the molecule is CC1(C)[C@H]2CC[C@]1(C)C(=NOC(=O)c1cc3ccccc3o1)C2. The first-order valence-corrected chi connectivity index (χ1v) is 8.19. The molecular weight excluding hydrogens is 290 g/mol.